The van der Waals surface area contributed by atoms with Crippen molar-refractivity contribution in [2.75, 3.05) is 44.3 Å². The molecule has 6 nitrogen and oxygen atoms in total. The number of anilines is 1. The Hall–Kier alpha value is -1.37. The third-order valence-electron chi connectivity index (χ3n) is 4.08. The summed E-state index contributed by atoms with van der Waals surface area (Å²) < 4.78 is 5.38. The van der Waals surface area contributed by atoms with Crippen LogP contribution in [0.2, 0.25) is 5.15 Å². The van der Waals surface area contributed by atoms with E-state index in [1.807, 2.05) is 0 Å². The Morgan fingerprint density at radius 3 is 2.81 bits per heavy atom. The van der Waals surface area contributed by atoms with Gasteiger partial charge in [0, 0.05) is 32.2 Å². The summed E-state index contributed by atoms with van der Waals surface area (Å²) in [7, 11) is 0. The minimum Gasteiger partial charge on any atom is -0.478 e. The fourth-order valence-corrected chi connectivity index (χ4v) is 3.16. The standard InChI is InChI=1S/C14H18ClN3O3/c15-12-7-10(14(19)20)8-13(16-12)18-2-1-11(9-18)17-3-5-21-6-4-17/h7-8,11H,1-6,9H2,(H,19,20). The highest BCUT2D eigenvalue weighted by Gasteiger charge is 2.29. The molecule has 21 heavy (non-hydrogen) atoms. The molecule has 0 bridgehead atoms. The number of pyridine rings is 1. The number of carboxylic acids is 1. The molecule has 0 amide bonds. The van der Waals surface area contributed by atoms with Crippen LogP contribution in [0.15, 0.2) is 12.1 Å². The Labute approximate surface area is 128 Å². The molecule has 1 aromatic heterocycles. The van der Waals surface area contributed by atoms with Gasteiger partial charge in [-0.15, -0.1) is 0 Å². The van der Waals surface area contributed by atoms with Gasteiger partial charge in [0.2, 0.25) is 0 Å². The Balaban J connectivity index is 1.72. The summed E-state index contributed by atoms with van der Waals surface area (Å²) in [5, 5.41) is 9.33. The largest absolute Gasteiger partial charge is 0.478 e. The van der Waals surface area contributed by atoms with Crippen molar-refractivity contribution in [2.24, 2.45) is 0 Å². The number of carbonyl (C=O) groups is 1. The maximum atomic E-state index is 11.1. The van der Waals surface area contributed by atoms with Crippen molar-refractivity contribution >= 4 is 23.4 Å². The van der Waals surface area contributed by atoms with E-state index in [2.05, 4.69) is 14.8 Å². The molecule has 3 rings (SSSR count). The quantitative estimate of drug-likeness (QED) is 0.850. The molecule has 1 unspecified atom stereocenters. The first-order valence-corrected chi connectivity index (χ1v) is 7.49. The fraction of sp³-hybridized carbons (Fsp3) is 0.571. The van der Waals surface area contributed by atoms with E-state index in [1.165, 1.54) is 6.07 Å². The summed E-state index contributed by atoms with van der Waals surface area (Å²) in [6.45, 7) is 5.22. The molecule has 7 heteroatoms. The number of halogens is 1. The molecule has 0 spiro atoms. The van der Waals surface area contributed by atoms with Crippen molar-refractivity contribution in [3.63, 3.8) is 0 Å². The van der Waals surface area contributed by atoms with Crippen LogP contribution in [0.4, 0.5) is 5.82 Å². The summed E-state index contributed by atoms with van der Waals surface area (Å²) >= 11 is 5.93. The molecule has 1 atom stereocenters. The maximum Gasteiger partial charge on any atom is 0.335 e. The molecule has 0 saturated carbocycles. The number of hydrogen-bond acceptors (Lipinski definition) is 5. The van der Waals surface area contributed by atoms with E-state index in [9.17, 15) is 4.79 Å². The van der Waals surface area contributed by atoms with Crippen LogP contribution in [-0.2, 0) is 4.74 Å². The second-order valence-electron chi connectivity index (χ2n) is 5.38. The zero-order valence-electron chi connectivity index (χ0n) is 11.7. The van der Waals surface area contributed by atoms with Crippen molar-refractivity contribution in [1.82, 2.24) is 9.88 Å². The Morgan fingerprint density at radius 2 is 2.10 bits per heavy atom. The van der Waals surface area contributed by atoms with Gasteiger partial charge in [-0.1, -0.05) is 11.6 Å². The minimum absolute atomic E-state index is 0.180. The second kappa shape index (κ2) is 6.17. The zero-order chi connectivity index (χ0) is 14.8. The van der Waals surface area contributed by atoms with Gasteiger partial charge in [-0.25, -0.2) is 9.78 Å². The Morgan fingerprint density at radius 1 is 1.33 bits per heavy atom. The lowest BCUT2D eigenvalue weighted by molar-refractivity contribution is 0.0209. The van der Waals surface area contributed by atoms with Gasteiger partial charge in [-0.2, -0.15) is 0 Å². The summed E-state index contributed by atoms with van der Waals surface area (Å²) in [6.07, 6.45) is 1.05. The second-order valence-corrected chi connectivity index (χ2v) is 5.77. The van der Waals surface area contributed by atoms with Gasteiger partial charge in [-0.3, -0.25) is 4.90 Å². The molecule has 2 fully saturated rings. The number of morpholine rings is 1. The van der Waals surface area contributed by atoms with Gasteiger partial charge in [0.05, 0.1) is 18.8 Å². The van der Waals surface area contributed by atoms with Crippen LogP contribution in [0.25, 0.3) is 0 Å². The highest BCUT2D eigenvalue weighted by Crippen LogP contribution is 2.24. The first-order chi connectivity index (χ1) is 10.1. The van der Waals surface area contributed by atoms with Crippen molar-refractivity contribution in [3.05, 3.63) is 22.8 Å². The third-order valence-corrected chi connectivity index (χ3v) is 4.27. The van der Waals surface area contributed by atoms with Crippen LogP contribution < -0.4 is 4.90 Å². The molecule has 0 radical (unpaired) electrons. The molecule has 114 valence electrons. The molecule has 2 aliphatic heterocycles. The molecular weight excluding hydrogens is 294 g/mol. The predicted molar refractivity (Wildman–Crippen MR) is 79.2 cm³/mol. The summed E-state index contributed by atoms with van der Waals surface area (Å²) in [5.74, 6) is -0.333. The number of aromatic nitrogens is 1. The normalized spacial score (nSPS) is 23.5. The van der Waals surface area contributed by atoms with Gasteiger partial charge in [-0.05, 0) is 18.6 Å². The van der Waals surface area contributed by atoms with Crippen LogP contribution in [0, 0.1) is 0 Å². The highest BCUT2D eigenvalue weighted by molar-refractivity contribution is 6.29. The van der Waals surface area contributed by atoms with Crippen LogP contribution in [0.5, 0.6) is 0 Å². The van der Waals surface area contributed by atoms with E-state index in [-0.39, 0.29) is 10.7 Å². The van der Waals surface area contributed by atoms with E-state index >= 15 is 0 Å². The van der Waals surface area contributed by atoms with E-state index in [0.717, 1.165) is 45.8 Å². The topological polar surface area (TPSA) is 65.9 Å². The number of carboxylic acid groups (broad SMARTS) is 1. The van der Waals surface area contributed by atoms with E-state index in [1.54, 1.807) is 6.07 Å². The van der Waals surface area contributed by atoms with Crippen LogP contribution in [0.1, 0.15) is 16.8 Å². The lowest BCUT2D eigenvalue weighted by Crippen LogP contribution is -2.44. The molecule has 1 N–H and O–H groups in total. The van der Waals surface area contributed by atoms with Gasteiger partial charge in [0.25, 0.3) is 0 Å². The monoisotopic (exact) mass is 311 g/mol. The third kappa shape index (κ3) is 3.28. The average molecular weight is 312 g/mol. The summed E-state index contributed by atoms with van der Waals surface area (Å²) in [5.41, 5.74) is 0.180. The van der Waals surface area contributed by atoms with Crippen molar-refractivity contribution in [1.29, 1.82) is 0 Å². The fourth-order valence-electron chi connectivity index (χ4n) is 2.96. The first kappa shape index (κ1) is 14.6. The van der Waals surface area contributed by atoms with Gasteiger partial charge >= 0.3 is 5.97 Å². The van der Waals surface area contributed by atoms with Crippen molar-refractivity contribution in [3.8, 4) is 0 Å². The molecule has 3 heterocycles. The molecule has 1 aromatic rings. The smallest absolute Gasteiger partial charge is 0.335 e. The molecular formula is C14H18ClN3O3. The van der Waals surface area contributed by atoms with E-state index in [0.29, 0.717) is 11.9 Å². The minimum atomic E-state index is -0.982. The Kier molecular flexibility index (Phi) is 4.28. The van der Waals surface area contributed by atoms with E-state index < -0.39 is 5.97 Å². The van der Waals surface area contributed by atoms with Crippen molar-refractivity contribution in [2.45, 2.75) is 12.5 Å². The van der Waals surface area contributed by atoms with Gasteiger partial charge < -0.3 is 14.7 Å². The number of aromatic carboxylic acids is 1. The average Bonchev–Trinajstić information content (AvgIpc) is 2.97. The van der Waals surface area contributed by atoms with Crippen LogP contribution >= 0.6 is 11.6 Å². The summed E-state index contributed by atoms with van der Waals surface area (Å²) in [4.78, 5) is 19.9. The molecule has 2 aliphatic rings. The summed E-state index contributed by atoms with van der Waals surface area (Å²) in [6, 6.07) is 3.45. The maximum absolute atomic E-state index is 11.1. The lowest BCUT2D eigenvalue weighted by atomic mass is 10.2. The first-order valence-electron chi connectivity index (χ1n) is 7.11. The Bertz CT molecular complexity index is 534. The lowest BCUT2D eigenvalue weighted by Gasteiger charge is -2.32. The SMILES string of the molecule is O=C(O)c1cc(Cl)nc(N2CCC(N3CCOCC3)C2)c1. The molecule has 0 aromatic carbocycles. The predicted octanol–water partition coefficient (Wildman–Crippen LogP) is 1.34. The number of rotatable bonds is 3. The number of nitrogens with zero attached hydrogens (tertiary/aromatic N) is 3. The zero-order valence-corrected chi connectivity index (χ0v) is 12.4. The number of ether oxygens (including phenoxy) is 1. The molecule has 2 saturated heterocycles. The highest BCUT2D eigenvalue weighted by atomic mass is 35.5. The molecule has 0 aliphatic carbocycles. The van der Waals surface area contributed by atoms with E-state index in [4.69, 9.17) is 21.4 Å². The number of hydrogen-bond donors (Lipinski definition) is 1. The van der Waals surface area contributed by atoms with Crippen LogP contribution in [0.3, 0.4) is 0 Å². The van der Waals surface area contributed by atoms with Crippen LogP contribution in [-0.4, -0.2) is 66.4 Å². The van der Waals surface area contributed by atoms with Crippen molar-refractivity contribution < 1.29 is 14.6 Å². The van der Waals surface area contributed by atoms with Gasteiger partial charge in [0.15, 0.2) is 0 Å². The van der Waals surface area contributed by atoms with Gasteiger partial charge in [0.1, 0.15) is 11.0 Å².